The predicted molar refractivity (Wildman–Crippen MR) is 96.6 cm³/mol. The minimum Gasteiger partial charge on any atom is -0.269 e. The van der Waals surface area contributed by atoms with E-state index in [-0.39, 0.29) is 28.9 Å². The second-order valence-electron chi connectivity index (χ2n) is 5.84. The van der Waals surface area contributed by atoms with Gasteiger partial charge in [-0.05, 0) is 52.8 Å². The van der Waals surface area contributed by atoms with Gasteiger partial charge in [-0.25, -0.2) is 0 Å². The minimum atomic E-state index is -0.362. The fourth-order valence-electron chi connectivity index (χ4n) is 3.36. The molecular weight excluding hydrogens is 405 g/mol. The largest absolute Gasteiger partial charge is 0.269 e. The van der Waals surface area contributed by atoms with Crippen LogP contribution in [0.3, 0.4) is 0 Å². The molecule has 1 unspecified atom stereocenters. The van der Waals surface area contributed by atoms with E-state index in [0.717, 1.165) is 16.8 Å². The zero-order valence-electron chi connectivity index (χ0n) is 12.4. The number of nitro benzene ring substituents is 1. The highest BCUT2D eigenvalue weighted by atomic mass is 127. The first-order valence-electron chi connectivity index (χ1n) is 7.41. The summed E-state index contributed by atoms with van der Waals surface area (Å²) in [6.45, 7) is 2.10. The third-order valence-electron chi connectivity index (χ3n) is 4.47. The molecular formula is C17H14IN3O2. The Morgan fingerprint density at radius 3 is 2.35 bits per heavy atom. The van der Waals surface area contributed by atoms with Crippen molar-refractivity contribution in [2.75, 3.05) is 0 Å². The maximum absolute atomic E-state index is 10.8. The third kappa shape index (κ3) is 2.46. The summed E-state index contributed by atoms with van der Waals surface area (Å²) in [5.74, 6) is 0. The van der Waals surface area contributed by atoms with Gasteiger partial charge in [0.05, 0.1) is 22.7 Å². The average Bonchev–Trinajstić information content (AvgIpc) is 3.20. The lowest BCUT2D eigenvalue weighted by molar-refractivity contribution is -0.384. The van der Waals surface area contributed by atoms with Crippen molar-refractivity contribution in [1.29, 1.82) is 0 Å². The van der Waals surface area contributed by atoms with Gasteiger partial charge >= 0.3 is 0 Å². The zero-order chi connectivity index (χ0) is 16.1. The molecule has 23 heavy (non-hydrogen) atoms. The van der Waals surface area contributed by atoms with Gasteiger partial charge in [-0.3, -0.25) is 20.0 Å². The Balaban J connectivity index is 1.61. The average molecular weight is 419 g/mol. The SMILES string of the molecule is C[C@H]1N=C(c2ccc(I)cc2)[C@@H]2[C@@H](c3ccc([N+](=O)[O-])cc3)N21. The van der Waals surface area contributed by atoms with Crippen LogP contribution in [-0.4, -0.2) is 27.7 Å². The number of benzene rings is 2. The van der Waals surface area contributed by atoms with Crippen LogP contribution in [-0.2, 0) is 0 Å². The van der Waals surface area contributed by atoms with Crippen LogP contribution in [0.2, 0.25) is 0 Å². The van der Waals surface area contributed by atoms with Crippen LogP contribution in [0.15, 0.2) is 53.5 Å². The van der Waals surface area contributed by atoms with Crippen LogP contribution >= 0.6 is 22.6 Å². The van der Waals surface area contributed by atoms with Crippen LogP contribution in [0.5, 0.6) is 0 Å². The summed E-state index contributed by atoms with van der Waals surface area (Å²) in [4.78, 5) is 17.5. The normalized spacial score (nSPS) is 28.2. The second kappa shape index (κ2) is 5.38. The summed E-state index contributed by atoms with van der Waals surface area (Å²) in [7, 11) is 0. The van der Waals surface area contributed by atoms with E-state index < -0.39 is 0 Å². The Morgan fingerprint density at radius 1 is 1.09 bits per heavy atom. The first-order chi connectivity index (χ1) is 11.1. The quantitative estimate of drug-likeness (QED) is 0.330. The number of nitrogens with zero attached hydrogens (tertiary/aromatic N) is 3. The Bertz CT molecular complexity index is 802. The topological polar surface area (TPSA) is 58.5 Å². The van der Waals surface area contributed by atoms with Crippen molar-refractivity contribution in [2.45, 2.75) is 25.2 Å². The molecule has 2 aliphatic rings. The molecule has 0 spiro atoms. The predicted octanol–water partition coefficient (Wildman–Crippen LogP) is 3.77. The van der Waals surface area contributed by atoms with Crippen LogP contribution in [0.25, 0.3) is 0 Å². The van der Waals surface area contributed by atoms with Crippen LogP contribution in [0, 0.1) is 13.7 Å². The maximum atomic E-state index is 10.8. The number of hydrogen-bond donors (Lipinski definition) is 0. The Kier molecular flexibility index (Phi) is 3.46. The lowest BCUT2D eigenvalue weighted by Gasteiger charge is -2.09. The van der Waals surface area contributed by atoms with E-state index in [4.69, 9.17) is 4.99 Å². The Morgan fingerprint density at radius 2 is 1.74 bits per heavy atom. The Labute approximate surface area is 147 Å². The summed E-state index contributed by atoms with van der Waals surface area (Å²) < 4.78 is 1.21. The second-order valence-corrected chi connectivity index (χ2v) is 7.08. The van der Waals surface area contributed by atoms with Crippen molar-refractivity contribution in [2.24, 2.45) is 4.99 Å². The highest BCUT2D eigenvalue weighted by Crippen LogP contribution is 2.50. The number of aliphatic imine (C=N–C) groups is 1. The minimum absolute atomic E-state index is 0.133. The van der Waals surface area contributed by atoms with Crippen molar-refractivity contribution < 1.29 is 4.92 Å². The molecule has 0 N–H and O–H groups in total. The van der Waals surface area contributed by atoms with Crippen molar-refractivity contribution >= 4 is 34.0 Å². The van der Waals surface area contributed by atoms with Crippen LogP contribution in [0.4, 0.5) is 5.69 Å². The molecule has 6 heteroatoms. The first kappa shape index (κ1) is 14.8. The zero-order valence-corrected chi connectivity index (χ0v) is 14.5. The smallest absolute Gasteiger partial charge is 0.269 e. The van der Waals surface area contributed by atoms with Crippen molar-refractivity contribution in [3.8, 4) is 0 Å². The molecule has 1 fully saturated rings. The van der Waals surface area contributed by atoms with Crippen molar-refractivity contribution in [1.82, 2.24) is 4.90 Å². The Hall–Kier alpha value is -1.80. The summed E-state index contributed by atoms with van der Waals surface area (Å²) in [6.07, 6.45) is 0.148. The summed E-state index contributed by atoms with van der Waals surface area (Å²) >= 11 is 2.30. The number of rotatable bonds is 3. The lowest BCUT2D eigenvalue weighted by Crippen LogP contribution is -2.09. The van der Waals surface area contributed by atoms with Gasteiger partial charge in [0.1, 0.15) is 6.17 Å². The molecule has 0 amide bonds. The molecule has 2 aromatic carbocycles. The highest BCUT2D eigenvalue weighted by molar-refractivity contribution is 14.1. The third-order valence-corrected chi connectivity index (χ3v) is 5.19. The van der Waals surface area contributed by atoms with Gasteiger partial charge in [0, 0.05) is 15.7 Å². The van der Waals surface area contributed by atoms with Gasteiger partial charge in [0.2, 0.25) is 0 Å². The van der Waals surface area contributed by atoms with E-state index in [0.29, 0.717) is 0 Å². The number of non-ortho nitro benzene ring substituents is 1. The fourth-order valence-corrected chi connectivity index (χ4v) is 3.72. The van der Waals surface area contributed by atoms with E-state index in [2.05, 4.69) is 58.7 Å². The van der Waals surface area contributed by atoms with E-state index >= 15 is 0 Å². The van der Waals surface area contributed by atoms with E-state index in [1.807, 2.05) is 12.1 Å². The van der Waals surface area contributed by atoms with Gasteiger partial charge in [0.25, 0.3) is 5.69 Å². The molecule has 0 saturated carbocycles. The number of fused-ring (bicyclic) bond motifs is 1. The van der Waals surface area contributed by atoms with Crippen molar-refractivity contribution in [3.63, 3.8) is 0 Å². The van der Waals surface area contributed by atoms with Gasteiger partial charge in [-0.2, -0.15) is 0 Å². The monoisotopic (exact) mass is 419 g/mol. The molecule has 0 aromatic heterocycles. The molecule has 4 atom stereocenters. The highest BCUT2D eigenvalue weighted by Gasteiger charge is 2.57. The van der Waals surface area contributed by atoms with Gasteiger partial charge < -0.3 is 0 Å². The molecule has 2 aliphatic heterocycles. The van der Waals surface area contributed by atoms with Crippen molar-refractivity contribution in [3.05, 3.63) is 73.3 Å². The number of hydrogen-bond acceptors (Lipinski definition) is 4. The summed E-state index contributed by atoms with van der Waals surface area (Å²) in [5, 5.41) is 10.8. The molecule has 0 aliphatic carbocycles. The molecule has 4 rings (SSSR count). The van der Waals surface area contributed by atoms with Gasteiger partial charge in [-0.15, -0.1) is 0 Å². The first-order valence-corrected chi connectivity index (χ1v) is 8.49. The molecule has 2 aromatic rings. The van der Waals surface area contributed by atoms with E-state index in [1.54, 1.807) is 12.1 Å². The molecule has 2 heterocycles. The summed E-state index contributed by atoms with van der Waals surface area (Å²) in [6, 6.07) is 15.9. The fraction of sp³-hybridized carbons (Fsp3) is 0.235. The van der Waals surface area contributed by atoms with E-state index in [1.165, 1.54) is 3.57 Å². The van der Waals surface area contributed by atoms with Crippen LogP contribution in [0.1, 0.15) is 24.1 Å². The molecule has 5 nitrogen and oxygen atoms in total. The van der Waals surface area contributed by atoms with Gasteiger partial charge in [0.15, 0.2) is 0 Å². The molecule has 0 radical (unpaired) electrons. The van der Waals surface area contributed by atoms with E-state index in [9.17, 15) is 10.1 Å². The number of nitro groups is 1. The molecule has 116 valence electrons. The standard InChI is InChI=1S/C17H14IN3O2/c1-10-19-15(11-2-6-13(18)7-3-11)17-16(20(10)17)12-4-8-14(9-5-12)21(22)23/h2-10,16-17H,1H3/t10-,16+,17+,20?/m0/s1. The van der Waals surface area contributed by atoms with Crippen LogP contribution < -0.4 is 0 Å². The van der Waals surface area contributed by atoms with Gasteiger partial charge in [-0.1, -0.05) is 24.3 Å². The summed E-state index contributed by atoms with van der Waals surface area (Å²) in [5.41, 5.74) is 3.53. The molecule has 1 saturated heterocycles. The maximum Gasteiger partial charge on any atom is 0.269 e. The molecule has 0 bridgehead atoms. The lowest BCUT2D eigenvalue weighted by atomic mass is 10.0. The number of halogens is 1.